The number of nitrogens with zero attached hydrogens (tertiary/aromatic N) is 2. The molecule has 1 atom stereocenters. The number of alkyl halides is 6. The first-order valence-electron chi connectivity index (χ1n) is 7.64. The van der Waals surface area contributed by atoms with Gasteiger partial charge in [0.25, 0.3) is 0 Å². The van der Waals surface area contributed by atoms with Gasteiger partial charge in [-0.3, -0.25) is 4.79 Å². The number of aromatic nitrogens is 1. The number of ether oxygens (including phenoxy) is 1. The lowest BCUT2D eigenvalue weighted by molar-refractivity contribution is -0.143. The number of halogens is 6. The number of benzene rings is 1. The first-order chi connectivity index (χ1) is 13.3. The fourth-order valence-corrected chi connectivity index (χ4v) is 3.01. The Bertz CT molecular complexity index is 943. The molecule has 12 heteroatoms. The van der Waals surface area contributed by atoms with E-state index in [-0.39, 0.29) is 23.2 Å². The van der Waals surface area contributed by atoms with Crippen LogP contribution >= 0.6 is 11.3 Å². The highest BCUT2D eigenvalue weighted by Gasteiger charge is 2.37. The fourth-order valence-electron chi connectivity index (χ4n) is 2.15. The second-order valence-corrected chi connectivity index (χ2v) is 6.62. The molecular weight excluding hydrogens is 426 g/mol. The molecule has 0 N–H and O–H groups in total. The van der Waals surface area contributed by atoms with Gasteiger partial charge in [0.1, 0.15) is 5.01 Å². The quantitative estimate of drug-likeness (QED) is 0.509. The van der Waals surface area contributed by atoms with Gasteiger partial charge in [0.2, 0.25) is 0 Å². The van der Waals surface area contributed by atoms with E-state index in [2.05, 4.69) is 9.72 Å². The normalized spacial score (nSPS) is 12.9. The third kappa shape index (κ3) is 5.54. The predicted molar refractivity (Wildman–Crippen MR) is 86.9 cm³/mol. The van der Waals surface area contributed by atoms with Gasteiger partial charge in [-0.25, -0.2) is 9.78 Å². The number of nitriles is 1. The first-order valence-corrected chi connectivity index (χ1v) is 8.52. The van der Waals surface area contributed by atoms with E-state index >= 15 is 0 Å². The van der Waals surface area contributed by atoms with Gasteiger partial charge in [-0.05, 0) is 25.1 Å². The summed E-state index contributed by atoms with van der Waals surface area (Å²) in [6, 6.07) is 1.90. The van der Waals surface area contributed by atoms with Crippen LogP contribution < -0.4 is 0 Å². The molecule has 1 heterocycles. The van der Waals surface area contributed by atoms with Crippen molar-refractivity contribution in [3.63, 3.8) is 0 Å². The lowest BCUT2D eigenvalue weighted by Gasteiger charge is -2.14. The molecule has 0 radical (unpaired) electrons. The first kappa shape index (κ1) is 22.4. The van der Waals surface area contributed by atoms with Crippen LogP contribution in [0, 0.1) is 18.3 Å². The largest absolute Gasteiger partial charge is 0.454 e. The van der Waals surface area contributed by atoms with E-state index in [4.69, 9.17) is 5.26 Å². The molecule has 0 aliphatic carbocycles. The van der Waals surface area contributed by atoms with Crippen molar-refractivity contribution in [1.82, 2.24) is 4.98 Å². The molecule has 1 unspecified atom stereocenters. The van der Waals surface area contributed by atoms with Crippen molar-refractivity contribution in [1.29, 1.82) is 5.26 Å². The molecule has 0 aliphatic heterocycles. The zero-order chi connectivity index (χ0) is 22.0. The van der Waals surface area contributed by atoms with Gasteiger partial charge in [-0.15, -0.1) is 11.3 Å². The SMILES string of the molecule is Cc1csc(C(C#N)C(=O)COC(=O)c2cc(C(F)(F)F)cc(C(F)(F)F)c2)n1. The summed E-state index contributed by atoms with van der Waals surface area (Å²) < 4.78 is 81.6. The van der Waals surface area contributed by atoms with Crippen LogP contribution in [0.3, 0.4) is 0 Å². The molecule has 0 bridgehead atoms. The number of esters is 1. The number of carbonyl (C=O) groups excluding carboxylic acids is 2. The third-order valence-corrected chi connectivity index (χ3v) is 4.53. The molecule has 0 spiro atoms. The Morgan fingerprint density at radius 2 is 1.69 bits per heavy atom. The van der Waals surface area contributed by atoms with Crippen LogP contribution in [0.4, 0.5) is 26.3 Å². The van der Waals surface area contributed by atoms with E-state index in [1.54, 1.807) is 18.4 Å². The van der Waals surface area contributed by atoms with Crippen LogP contribution in [0.15, 0.2) is 23.6 Å². The minimum atomic E-state index is -5.14. The van der Waals surface area contributed by atoms with Crippen molar-refractivity contribution in [3.8, 4) is 6.07 Å². The smallest absolute Gasteiger partial charge is 0.416 e. The second kappa shape index (κ2) is 8.20. The van der Waals surface area contributed by atoms with E-state index in [1.165, 1.54) is 0 Å². The zero-order valence-electron chi connectivity index (χ0n) is 14.4. The average Bonchev–Trinajstić information content (AvgIpc) is 3.04. The van der Waals surface area contributed by atoms with E-state index in [0.717, 1.165) is 11.3 Å². The highest BCUT2D eigenvalue weighted by Crippen LogP contribution is 2.36. The molecule has 0 fully saturated rings. The van der Waals surface area contributed by atoms with Gasteiger partial charge < -0.3 is 4.74 Å². The number of ketones is 1. The van der Waals surface area contributed by atoms with Crippen molar-refractivity contribution < 1.29 is 40.7 Å². The number of thiazole rings is 1. The number of hydrogen-bond donors (Lipinski definition) is 0. The second-order valence-electron chi connectivity index (χ2n) is 5.73. The van der Waals surface area contributed by atoms with E-state index < -0.39 is 53.3 Å². The van der Waals surface area contributed by atoms with Gasteiger partial charge in [-0.1, -0.05) is 0 Å². The maximum Gasteiger partial charge on any atom is 0.416 e. The predicted octanol–water partition coefficient (Wildman–Crippen LogP) is 4.52. The monoisotopic (exact) mass is 436 g/mol. The van der Waals surface area contributed by atoms with Gasteiger partial charge in [0.05, 0.1) is 22.8 Å². The summed E-state index contributed by atoms with van der Waals surface area (Å²) in [4.78, 5) is 28.0. The minimum Gasteiger partial charge on any atom is -0.454 e. The minimum absolute atomic E-state index is 0.129. The summed E-state index contributed by atoms with van der Waals surface area (Å²) in [5.74, 6) is -3.87. The molecule has 0 aliphatic rings. The molecule has 0 saturated carbocycles. The molecule has 1 aromatic carbocycles. The summed E-state index contributed by atoms with van der Waals surface area (Å²) in [7, 11) is 0. The highest BCUT2D eigenvalue weighted by molar-refractivity contribution is 7.09. The van der Waals surface area contributed by atoms with Gasteiger partial charge in [0.15, 0.2) is 18.3 Å². The van der Waals surface area contributed by atoms with Crippen molar-refractivity contribution in [2.45, 2.75) is 25.2 Å². The third-order valence-electron chi connectivity index (χ3n) is 3.50. The zero-order valence-corrected chi connectivity index (χ0v) is 15.2. The topological polar surface area (TPSA) is 80.0 Å². The van der Waals surface area contributed by atoms with Crippen LogP contribution in [0.1, 0.15) is 38.1 Å². The van der Waals surface area contributed by atoms with Crippen molar-refractivity contribution in [2.24, 2.45) is 0 Å². The molecule has 154 valence electrons. The Morgan fingerprint density at radius 3 is 2.10 bits per heavy atom. The molecule has 2 aromatic rings. The molecule has 2 rings (SSSR count). The van der Waals surface area contributed by atoms with Crippen LogP contribution in [0.25, 0.3) is 0 Å². The highest BCUT2D eigenvalue weighted by atomic mass is 32.1. The number of Topliss-reactive ketones (excluding diaryl/α,β-unsaturated/α-hetero) is 1. The van der Waals surface area contributed by atoms with Crippen LogP contribution in [0.2, 0.25) is 0 Å². The Labute approximate surface area is 163 Å². The Kier molecular flexibility index (Phi) is 6.32. The van der Waals surface area contributed by atoms with Gasteiger partial charge >= 0.3 is 18.3 Å². The lowest BCUT2D eigenvalue weighted by Crippen LogP contribution is -2.21. The van der Waals surface area contributed by atoms with Gasteiger partial charge in [0, 0.05) is 11.1 Å². The fraction of sp³-hybridized carbons (Fsp3) is 0.294. The number of carbonyl (C=O) groups is 2. The number of hydrogen-bond acceptors (Lipinski definition) is 6. The van der Waals surface area contributed by atoms with Crippen LogP contribution in [0.5, 0.6) is 0 Å². The summed E-state index contributed by atoms with van der Waals surface area (Å²) in [5, 5.41) is 10.8. The number of aryl methyl sites for hydroxylation is 1. The standard InChI is InChI=1S/C17H10F6N2O3S/c1-8-7-29-14(25-8)12(5-24)13(26)6-28-15(27)9-2-10(16(18,19)20)4-11(3-9)17(21,22)23/h2-4,7,12H,6H2,1H3. The molecule has 29 heavy (non-hydrogen) atoms. The maximum atomic E-state index is 12.8. The van der Waals surface area contributed by atoms with Crippen molar-refractivity contribution in [3.05, 3.63) is 51.0 Å². The summed E-state index contributed by atoms with van der Waals surface area (Å²) in [6.07, 6.45) is -10.3. The van der Waals surface area contributed by atoms with Gasteiger partial charge in [-0.2, -0.15) is 31.6 Å². The Morgan fingerprint density at radius 1 is 1.14 bits per heavy atom. The maximum absolute atomic E-state index is 12.8. The Balaban J connectivity index is 2.22. The molecule has 0 amide bonds. The molecule has 0 saturated heterocycles. The summed E-state index contributed by atoms with van der Waals surface area (Å²) in [5.41, 5.74) is -3.88. The van der Waals surface area contributed by atoms with Crippen molar-refractivity contribution in [2.75, 3.05) is 6.61 Å². The van der Waals surface area contributed by atoms with Crippen LogP contribution in [-0.4, -0.2) is 23.3 Å². The molecule has 1 aromatic heterocycles. The van der Waals surface area contributed by atoms with E-state index in [0.29, 0.717) is 5.69 Å². The summed E-state index contributed by atoms with van der Waals surface area (Å²) in [6.45, 7) is 0.595. The molecule has 5 nitrogen and oxygen atoms in total. The average molecular weight is 436 g/mol. The van der Waals surface area contributed by atoms with Crippen molar-refractivity contribution >= 4 is 23.1 Å². The summed E-state index contributed by atoms with van der Waals surface area (Å²) >= 11 is 1.01. The van der Waals surface area contributed by atoms with E-state index in [1.807, 2.05) is 0 Å². The lowest BCUT2D eigenvalue weighted by atomic mass is 10.0. The van der Waals surface area contributed by atoms with E-state index in [9.17, 15) is 35.9 Å². The Hall–Kier alpha value is -2.94. The molecular formula is C17H10F6N2O3S. The van der Waals surface area contributed by atoms with Crippen LogP contribution in [-0.2, 0) is 21.9 Å². The number of rotatable bonds is 5.